The first-order chi connectivity index (χ1) is 9.40. The Kier molecular flexibility index (Phi) is 5.88. The van der Waals surface area contributed by atoms with Gasteiger partial charge in [-0.3, -0.25) is 10.6 Å². The van der Waals surface area contributed by atoms with E-state index in [0.717, 1.165) is 0 Å². The van der Waals surface area contributed by atoms with E-state index in [0.29, 0.717) is 36.2 Å². The average Bonchev–Trinajstić information content (AvgIpc) is 2.42. The van der Waals surface area contributed by atoms with Gasteiger partial charge in [-0.25, -0.2) is 9.97 Å². The van der Waals surface area contributed by atoms with Crippen LogP contribution in [0.5, 0.6) is 0 Å². The van der Waals surface area contributed by atoms with Crippen LogP contribution in [0.25, 0.3) is 0 Å². The Bertz CT molecular complexity index is 459. The number of nitrogens with one attached hydrogen (secondary N) is 1. The number of carbonyl (C=O) groups excluding carboxylic acids is 1. The number of amides is 1. The first-order valence-corrected chi connectivity index (χ1v) is 7.03. The predicted molar refractivity (Wildman–Crippen MR) is 80.3 cm³/mol. The van der Waals surface area contributed by atoms with Crippen molar-refractivity contribution in [3.05, 3.63) is 17.7 Å². The maximum atomic E-state index is 12.6. The molecule has 1 amide bonds. The summed E-state index contributed by atoms with van der Waals surface area (Å²) in [5, 5.41) is 0. The Balaban J connectivity index is 3.14. The highest BCUT2D eigenvalue weighted by Gasteiger charge is 2.21. The van der Waals surface area contributed by atoms with Gasteiger partial charge in [0.2, 0.25) is 0 Å². The molecule has 0 bridgehead atoms. The number of nitrogen functional groups attached to an aromatic ring is 1. The molecule has 0 saturated carbocycles. The number of rotatable bonds is 6. The summed E-state index contributed by atoms with van der Waals surface area (Å²) in [7, 11) is 0. The maximum absolute atomic E-state index is 12.6. The van der Waals surface area contributed by atoms with Crippen LogP contribution >= 0.6 is 0 Å². The lowest BCUT2D eigenvalue weighted by Gasteiger charge is -2.23. The minimum absolute atomic E-state index is 0.113. The van der Waals surface area contributed by atoms with Gasteiger partial charge < -0.3 is 10.3 Å². The smallest absolute Gasteiger partial charge is 0.274 e. The maximum Gasteiger partial charge on any atom is 0.274 e. The molecule has 112 valence electrons. The van der Waals surface area contributed by atoms with Crippen molar-refractivity contribution >= 4 is 11.6 Å². The molecular weight excluding hydrogens is 254 g/mol. The summed E-state index contributed by atoms with van der Waals surface area (Å²) >= 11 is 0. The molecule has 0 spiro atoms. The Morgan fingerprint density at radius 3 is 2.50 bits per heavy atom. The molecule has 0 aromatic carbocycles. The van der Waals surface area contributed by atoms with E-state index in [1.165, 1.54) is 0 Å². The highest BCUT2D eigenvalue weighted by atomic mass is 16.2. The molecule has 20 heavy (non-hydrogen) atoms. The Labute approximate surface area is 120 Å². The molecule has 3 N–H and O–H groups in total. The summed E-state index contributed by atoms with van der Waals surface area (Å²) in [5.41, 5.74) is 3.30. The zero-order valence-electron chi connectivity index (χ0n) is 13.0. The van der Waals surface area contributed by atoms with Crippen molar-refractivity contribution in [2.75, 3.05) is 18.5 Å². The van der Waals surface area contributed by atoms with Crippen LogP contribution < -0.4 is 11.3 Å². The van der Waals surface area contributed by atoms with Crippen molar-refractivity contribution in [3.8, 4) is 0 Å². The molecule has 0 saturated heterocycles. The molecule has 0 radical (unpaired) electrons. The monoisotopic (exact) mass is 279 g/mol. The molecule has 0 unspecified atom stereocenters. The standard InChI is InChI=1S/C14H25N5O/c1-6-19(8-9(2)3)14(20)12-11(18-15)7-16-13(17-12)10(4)5/h7,9-10,18H,6,8,15H2,1-5H3. The highest BCUT2D eigenvalue weighted by Crippen LogP contribution is 2.17. The van der Waals surface area contributed by atoms with Gasteiger partial charge in [0.1, 0.15) is 5.82 Å². The van der Waals surface area contributed by atoms with Crippen molar-refractivity contribution in [2.45, 2.75) is 40.5 Å². The number of anilines is 1. The van der Waals surface area contributed by atoms with Crippen LogP contribution in [0.1, 0.15) is 56.8 Å². The molecule has 0 aliphatic heterocycles. The van der Waals surface area contributed by atoms with Crippen LogP contribution in [0.4, 0.5) is 5.69 Å². The van der Waals surface area contributed by atoms with E-state index in [4.69, 9.17) is 5.84 Å². The van der Waals surface area contributed by atoms with E-state index >= 15 is 0 Å². The van der Waals surface area contributed by atoms with E-state index in [1.807, 2.05) is 20.8 Å². The van der Waals surface area contributed by atoms with E-state index in [9.17, 15) is 4.79 Å². The second-order valence-corrected chi connectivity index (χ2v) is 5.53. The van der Waals surface area contributed by atoms with Crippen molar-refractivity contribution in [3.63, 3.8) is 0 Å². The Hall–Kier alpha value is -1.69. The fourth-order valence-corrected chi connectivity index (χ4v) is 1.89. The van der Waals surface area contributed by atoms with Gasteiger partial charge in [-0.15, -0.1) is 0 Å². The van der Waals surface area contributed by atoms with Crippen LogP contribution in [0.2, 0.25) is 0 Å². The Morgan fingerprint density at radius 2 is 2.05 bits per heavy atom. The van der Waals surface area contributed by atoms with E-state index < -0.39 is 0 Å². The van der Waals surface area contributed by atoms with Crippen molar-refractivity contribution in [1.82, 2.24) is 14.9 Å². The predicted octanol–water partition coefficient (Wildman–Crippen LogP) is 2.00. The average molecular weight is 279 g/mol. The number of hydrogen-bond acceptors (Lipinski definition) is 5. The minimum Gasteiger partial charge on any atom is -0.337 e. The van der Waals surface area contributed by atoms with Gasteiger partial charge in [0.25, 0.3) is 5.91 Å². The molecule has 0 aliphatic rings. The normalized spacial score (nSPS) is 11.0. The largest absolute Gasteiger partial charge is 0.337 e. The molecule has 0 aliphatic carbocycles. The second-order valence-electron chi connectivity index (χ2n) is 5.53. The van der Waals surface area contributed by atoms with Crippen molar-refractivity contribution in [1.29, 1.82) is 0 Å². The van der Waals surface area contributed by atoms with Crippen LogP contribution in [-0.2, 0) is 0 Å². The van der Waals surface area contributed by atoms with Gasteiger partial charge in [-0.2, -0.15) is 0 Å². The third-order valence-corrected chi connectivity index (χ3v) is 2.94. The third kappa shape index (κ3) is 3.90. The topological polar surface area (TPSA) is 84.1 Å². The SMILES string of the molecule is CCN(CC(C)C)C(=O)c1nc(C(C)C)ncc1NN. The van der Waals surface area contributed by atoms with Gasteiger partial charge in [-0.05, 0) is 12.8 Å². The summed E-state index contributed by atoms with van der Waals surface area (Å²) in [4.78, 5) is 23.0. The molecular formula is C14H25N5O. The van der Waals surface area contributed by atoms with Gasteiger partial charge in [0.15, 0.2) is 5.69 Å². The second kappa shape index (κ2) is 7.19. The molecule has 1 aromatic heterocycles. The van der Waals surface area contributed by atoms with Gasteiger partial charge in [-0.1, -0.05) is 27.7 Å². The van der Waals surface area contributed by atoms with E-state index in [2.05, 4.69) is 29.2 Å². The number of nitrogens with zero attached hydrogens (tertiary/aromatic N) is 3. The summed E-state index contributed by atoms with van der Waals surface area (Å²) in [6.45, 7) is 11.4. The van der Waals surface area contributed by atoms with Crippen LogP contribution in [-0.4, -0.2) is 33.9 Å². The number of hydrazine groups is 1. The van der Waals surface area contributed by atoms with Crippen LogP contribution in [0.15, 0.2) is 6.20 Å². The number of aromatic nitrogens is 2. The van der Waals surface area contributed by atoms with Crippen molar-refractivity contribution < 1.29 is 4.79 Å². The molecule has 0 atom stereocenters. The van der Waals surface area contributed by atoms with Gasteiger partial charge >= 0.3 is 0 Å². The highest BCUT2D eigenvalue weighted by molar-refractivity contribution is 5.97. The van der Waals surface area contributed by atoms with Crippen molar-refractivity contribution in [2.24, 2.45) is 11.8 Å². The first kappa shape index (κ1) is 16.4. The van der Waals surface area contributed by atoms with Crippen LogP contribution in [0, 0.1) is 5.92 Å². The fraction of sp³-hybridized carbons (Fsp3) is 0.643. The van der Waals surface area contributed by atoms with Crippen LogP contribution in [0.3, 0.4) is 0 Å². The molecule has 6 heteroatoms. The van der Waals surface area contributed by atoms with Gasteiger partial charge in [0.05, 0.1) is 11.9 Å². The zero-order chi connectivity index (χ0) is 15.3. The summed E-state index contributed by atoms with van der Waals surface area (Å²) in [6, 6.07) is 0. The first-order valence-electron chi connectivity index (χ1n) is 7.03. The van der Waals surface area contributed by atoms with Gasteiger partial charge in [0, 0.05) is 19.0 Å². The molecule has 1 rings (SSSR count). The third-order valence-electron chi connectivity index (χ3n) is 2.94. The summed E-state index contributed by atoms with van der Waals surface area (Å²) < 4.78 is 0. The molecule has 6 nitrogen and oxygen atoms in total. The minimum atomic E-state index is -0.113. The lowest BCUT2D eigenvalue weighted by atomic mass is 10.1. The van der Waals surface area contributed by atoms with E-state index in [1.54, 1.807) is 11.1 Å². The number of carbonyl (C=O) groups is 1. The van der Waals surface area contributed by atoms with E-state index in [-0.39, 0.29) is 11.8 Å². The quantitative estimate of drug-likeness (QED) is 0.614. The summed E-state index contributed by atoms with van der Waals surface area (Å²) in [5.74, 6) is 6.55. The Morgan fingerprint density at radius 1 is 1.40 bits per heavy atom. The zero-order valence-corrected chi connectivity index (χ0v) is 13.0. The lowest BCUT2D eigenvalue weighted by Crippen LogP contribution is -2.35. The number of hydrogen-bond donors (Lipinski definition) is 2. The molecule has 0 fully saturated rings. The molecule has 1 heterocycles. The lowest BCUT2D eigenvalue weighted by molar-refractivity contribution is 0.0740. The number of nitrogens with two attached hydrogens (primary N) is 1. The molecule has 1 aromatic rings. The summed E-state index contributed by atoms with van der Waals surface area (Å²) in [6.07, 6.45) is 1.57. The fourth-order valence-electron chi connectivity index (χ4n) is 1.89.